The molecule has 1 aromatic carbocycles. The van der Waals surface area contributed by atoms with Crippen LogP contribution < -0.4 is 5.32 Å². The van der Waals surface area contributed by atoms with Crippen LogP contribution in [0.2, 0.25) is 0 Å². The highest BCUT2D eigenvalue weighted by Crippen LogP contribution is 2.26. The minimum Gasteiger partial charge on any atom is -0.343 e. The molecule has 3 nitrogen and oxygen atoms in total. The van der Waals surface area contributed by atoms with Gasteiger partial charge in [0.2, 0.25) is 5.91 Å². The van der Waals surface area contributed by atoms with Gasteiger partial charge in [-0.3, -0.25) is 9.69 Å². The smallest absolute Gasteiger partial charge is 0.234 e. The van der Waals surface area contributed by atoms with Crippen molar-refractivity contribution in [3.05, 3.63) is 58.0 Å². The first-order valence-corrected chi connectivity index (χ1v) is 9.91. The van der Waals surface area contributed by atoms with Gasteiger partial charge in [0.15, 0.2) is 0 Å². The first kappa shape index (κ1) is 18.1. The lowest BCUT2D eigenvalue weighted by molar-refractivity contribution is -0.122. The molecule has 25 heavy (non-hydrogen) atoms. The minimum absolute atomic E-state index is 0.0308. The van der Waals surface area contributed by atoms with Crippen molar-refractivity contribution in [2.24, 2.45) is 0 Å². The zero-order chi connectivity index (χ0) is 17.5. The first-order valence-electron chi connectivity index (χ1n) is 9.03. The van der Waals surface area contributed by atoms with Crippen molar-refractivity contribution >= 4 is 17.2 Å². The molecule has 1 amide bonds. The van der Waals surface area contributed by atoms with Crippen molar-refractivity contribution in [3.63, 3.8) is 0 Å². The number of nitrogens with zero attached hydrogens (tertiary/aromatic N) is 1. The number of halogens is 1. The summed E-state index contributed by atoms with van der Waals surface area (Å²) in [5, 5.41) is 5.14. The number of benzene rings is 1. The van der Waals surface area contributed by atoms with Gasteiger partial charge in [-0.05, 0) is 55.1 Å². The predicted molar refractivity (Wildman–Crippen MR) is 100 cm³/mol. The summed E-state index contributed by atoms with van der Waals surface area (Å²) >= 11 is 1.60. The average Bonchev–Trinajstić information content (AvgIpc) is 3.10. The molecule has 134 valence electrons. The Bertz CT molecular complexity index is 649. The maximum atomic E-state index is 13.2. The van der Waals surface area contributed by atoms with E-state index >= 15 is 0 Å². The third kappa shape index (κ3) is 5.38. The third-order valence-corrected chi connectivity index (χ3v) is 5.59. The van der Waals surface area contributed by atoms with Crippen molar-refractivity contribution in [1.82, 2.24) is 10.2 Å². The first-order chi connectivity index (χ1) is 12.2. The molecule has 2 aromatic rings. The van der Waals surface area contributed by atoms with Gasteiger partial charge in [0.25, 0.3) is 0 Å². The van der Waals surface area contributed by atoms with Gasteiger partial charge >= 0.3 is 0 Å². The van der Waals surface area contributed by atoms with E-state index in [1.54, 1.807) is 23.5 Å². The largest absolute Gasteiger partial charge is 0.343 e. The Morgan fingerprint density at radius 2 is 1.76 bits per heavy atom. The van der Waals surface area contributed by atoms with Crippen molar-refractivity contribution in [2.75, 3.05) is 19.6 Å². The standard InChI is InChI=1S/C20H25FN2OS/c21-17-10-8-16(9-11-17)20(18-7-6-14-25-18)22-19(24)15-23-12-4-2-1-3-5-13-23/h6-11,14,20H,1-5,12-13,15H2,(H,22,24)/t20-/m1/s1. The maximum Gasteiger partial charge on any atom is 0.234 e. The highest BCUT2D eigenvalue weighted by Gasteiger charge is 2.20. The zero-order valence-corrected chi connectivity index (χ0v) is 15.2. The molecule has 5 heteroatoms. The molecule has 1 aromatic heterocycles. The molecule has 0 saturated carbocycles. The lowest BCUT2D eigenvalue weighted by atomic mass is 10.1. The van der Waals surface area contributed by atoms with Crippen LogP contribution in [0.1, 0.15) is 48.6 Å². The second-order valence-corrected chi connectivity index (χ2v) is 7.59. The minimum atomic E-state index is -0.263. The van der Waals surface area contributed by atoms with Crippen LogP contribution in [0.15, 0.2) is 41.8 Å². The number of amides is 1. The van der Waals surface area contributed by atoms with E-state index in [-0.39, 0.29) is 17.8 Å². The highest BCUT2D eigenvalue weighted by atomic mass is 32.1. The lowest BCUT2D eigenvalue weighted by Crippen LogP contribution is -2.40. The Kier molecular flexibility index (Phi) is 6.59. The molecule has 0 unspecified atom stereocenters. The summed E-state index contributed by atoms with van der Waals surface area (Å²) in [6.45, 7) is 2.42. The number of likely N-dealkylation sites (tertiary alicyclic amines) is 1. The SMILES string of the molecule is O=C(CN1CCCCCCC1)N[C@H](c1ccc(F)cc1)c1cccs1. The van der Waals surface area contributed by atoms with Gasteiger partial charge in [-0.15, -0.1) is 11.3 Å². The molecule has 1 N–H and O–H groups in total. The molecule has 1 fully saturated rings. The molecule has 2 heterocycles. The summed E-state index contributed by atoms with van der Waals surface area (Å²) in [5.74, 6) is -0.232. The molecule has 0 bridgehead atoms. The zero-order valence-electron chi connectivity index (χ0n) is 14.4. The van der Waals surface area contributed by atoms with E-state index in [2.05, 4.69) is 10.2 Å². The molecular weight excluding hydrogens is 335 g/mol. The van der Waals surface area contributed by atoms with Crippen LogP contribution in [0.4, 0.5) is 4.39 Å². The lowest BCUT2D eigenvalue weighted by Gasteiger charge is -2.25. The van der Waals surface area contributed by atoms with E-state index in [0.29, 0.717) is 6.54 Å². The molecule has 0 spiro atoms. The van der Waals surface area contributed by atoms with Gasteiger partial charge in [-0.2, -0.15) is 0 Å². The fourth-order valence-corrected chi connectivity index (χ4v) is 4.11. The molecule has 1 aliphatic heterocycles. The quantitative estimate of drug-likeness (QED) is 0.859. The van der Waals surface area contributed by atoms with Gasteiger partial charge in [0.1, 0.15) is 5.82 Å². The summed E-state index contributed by atoms with van der Waals surface area (Å²) in [5.41, 5.74) is 0.907. The molecular formula is C20H25FN2OS. The van der Waals surface area contributed by atoms with E-state index in [1.165, 1.54) is 44.2 Å². The summed E-state index contributed by atoms with van der Waals surface area (Å²) in [6, 6.07) is 10.1. The van der Waals surface area contributed by atoms with Crippen LogP contribution in [0.3, 0.4) is 0 Å². The highest BCUT2D eigenvalue weighted by molar-refractivity contribution is 7.10. The van der Waals surface area contributed by atoms with E-state index in [4.69, 9.17) is 0 Å². The van der Waals surface area contributed by atoms with Crippen molar-refractivity contribution in [2.45, 2.75) is 38.1 Å². The van der Waals surface area contributed by atoms with Crippen molar-refractivity contribution < 1.29 is 9.18 Å². The number of hydrogen-bond acceptors (Lipinski definition) is 3. The average molecular weight is 360 g/mol. The third-order valence-electron chi connectivity index (χ3n) is 4.65. The topological polar surface area (TPSA) is 32.3 Å². The second kappa shape index (κ2) is 9.11. The summed E-state index contributed by atoms with van der Waals surface area (Å²) in [6.07, 6.45) is 6.15. The van der Waals surface area contributed by atoms with Crippen LogP contribution in [0, 0.1) is 5.82 Å². The van der Waals surface area contributed by atoms with E-state index in [1.807, 2.05) is 17.5 Å². The Labute approximate surface area is 152 Å². The van der Waals surface area contributed by atoms with Crippen LogP contribution in [-0.2, 0) is 4.79 Å². The van der Waals surface area contributed by atoms with Gasteiger partial charge in [-0.1, -0.05) is 37.5 Å². The monoisotopic (exact) mass is 360 g/mol. The number of carbonyl (C=O) groups excluding carboxylic acids is 1. The summed E-state index contributed by atoms with van der Waals surface area (Å²) < 4.78 is 13.2. The number of carbonyl (C=O) groups is 1. The Balaban J connectivity index is 1.67. The van der Waals surface area contributed by atoms with Gasteiger partial charge in [0, 0.05) is 4.88 Å². The Morgan fingerprint density at radius 1 is 1.08 bits per heavy atom. The van der Waals surface area contributed by atoms with Crippen LogP contribution in [0.25, 0.3) is 0 Å². The summed E-state index contributed by atoms with van der Waals surface area (Å²) in [7, 11) is 0. The van der Waals surface area contributed by atoms with Crippen LogP contribution >= 0.6 is 11.3 Å². The van der Waals surface area contributed by atoms with E-state index in [0.717, 1.165) is 23.5 Å². The van der Waals surface area contributed by atoms with Gasteiger partial charge < -0.3 is 5.32 Å². The van der Waals surface area contributed by atoms with E-state index in [9.17, 15) is 9.18 Å². The number of rotatable bonds is 5. The van der Waals surface area contributed by atoms with Crippen LogP contribution in [-0.4, -0.2) is 30.4 Å². The Hall–Kier alpha value is -1.72. The van der Waals surface area contributed by atoms with Crippen molar-refractivity contribution in [1.29, 1.82) is 0 Å². The van der Waals surface area contributed by atoms with Gasteiger partial charge in [0.05, 0.1) is 12.6 Å². The van der Waals surface area contributed by atoms with Gasteiger partial charge in [-0.25, -0.2) is 4.39 Å². The van der Waals surface area contributed by atoms with Crippen LogP contribution in [0.5, 0.6) is 0 Å². The second-order valence-electron chi connectivity index (χ2n) is 6.61. The fraction of sp³-hybridized carbons (Fsp3) is 0.450. The Morgan fingerprint density at radius 3 is 2.40 bits per heavy atom. The molecule has 3 rings (SSSR count). The number of thiophene rings is 1. The fourth-order valence-electron chi connectivity index (χ4n) is 3.31. The normalized spacial score (nSPS) is 17.5. The number of nitrogens with one attached hydrogen (secondary N) is 1. The molecule has 0 aliphatic carbocycles. The summed E-state index contributed by atoms with van der Waals surface area (Å²) in [4.78, 5) is 16.0. The van der Waals surface area contributed by atoms with Crippen molar-refractivity contribution in [3.8, 4) is 0 Å². The number of hydrogen-bond donors (Lipinski definition) is 1. The molecule has 0 radical (unpaired) electrons. The van der Waals surface area contributed by atoms with E-state index < -0.39 is 0 Å². The molecule has 1 aliphatic rings. The molecule has 1 atom stereocenters. The molecule has 1 saturated heterocycles. The predicted octanol–water partition coefficient (Wildman–Crippen LogP) is 4.36. The maximum absolute atomic E-state index is 13.2.